The fraction of sp³-hybridized carbons (Fsp3) is 0.300. The van der Waals surface area contributed by atoms with Gasteiger partial charge in [-0.15, -0.1) is 0 Å². The highest BCUT2D eigenvalue weighted by Crippen LogP contribution is 2.16. The first-order valence-corrected chi connectivity index (χ1v) is 4.78. The largest absolute Gasteiger partial charge is 0.351 e. The summed E-state index contributed by atoms with van der Waals surface area (Å²) in [5, 5.41) is 16.0. The number of rotatable bonds is 5. The number of para-hydroxylation sites is 1. The van der Waals surface area contributed by atoms with Crippen LogP contribution in [0.2, 0.25) is 0 Å². The molecular formula is C10H13N3O3. The molecule has 1 aromatic rings. The van der Waals surface area contributed by atoms with Crippen molar-refractivity contribution in [2.45, 2.75) is 6.54 Å². The van der Waals surface area contributed by atoms with E-state index in [9.17, 15) is 14.9 Å². The van der Waals surface area contributed by atoms with Gasteiger partial charge in [0, 0.05) is 18.2 Å². The Morgan fingerprint density at radius 1 is 1.44 bits per heavy atom. The normalized spacial score (nSPS) is 9.81. The number of hydrogen-bond donors (Lipinski definition) is 2. The van der Waals surface area contributed by atoms with Crippen LogP contribution in [0, 0.1) is 10.1 Å². The van der Waals surface area contributed by atoms with E-state index in [1.165, 1.54) is 6.07 Å². The topological polar surface area (TPSA) is 84.3 Å². The third-order valence-corrected chi connectivity index (χ3v) is 2.00. The van der Waals surface area contributed by atoms with E-state index in [-0.39, 0.29) is 24.7 Å². The number of nitrogens with one attached hydrogen (secondary N) is 2. The molecule has 16 heavy (non-hydrogen) atoms. The quantitative estimate of drug-likeness (QED) is 0.560. The molecule has 2 N–H and O–H groups in total. The molecule has 0 fully saturated rings. The second-order valence-corrected chi connectivity index (χ2v) is 3.19. The molecule has 0 aliphatic carbocycles. The number of nitrogens with zero attached hydrogens (tertiary/aromatic N) is 1. The van der Waals surface area contributed by atoms with Gasteiger partial charge >= 0.3 is 0 Å². The summed E-state index contributed by atoms with van der Waals surface area (Å²) >= 11 is 0. The summed E-state index contributed by atoms with van der Waals surface area (Å²) in [6.07, 6.45) is 0. The highest BCUT2D eigenvalue weighted by Gasteiger charge is 2.12. The summed E-state index contributed by atoms with van der Waals surface area (Å²) in [5.74, 6) is -0.194. The molecule has 0 aliphatic heterocycles. The maximum atomic E-state index is 11.2. The van der Waals surface area contributed by atoms with Crippen molar-refractivity contribution in [3.63, 3.8) is 0 Å². The summed E-state index contributed by atoms with van der Waals surface area (Å²) in [7, 11) is 1.66. The second-order valence-electron chi connectivity index (χ2n) is 3.19. The first-order chi connectivity index (χ1) is 7.65. The zero-order valence-corrected chi connectivity index (χ0v) is 8.90. The van der Waals surface area contributed by atoms with Gasteiger partial charge in [-0.3, -0.25) is 14.9 Å². The average Bonchev–Trinajstić information content (AvgIpc) is 2.27. The van der Waals surface area contributed by atoms with E-state index in [0.29, 0.717) is 5.56 Å². The standard InChI is InChI=1S/C10H13N3O3/c1-11-7-10(14)12-6-8-4-2-3-5-9(8)13(15)16/h2-5,11H,6-7H2,1H3,(H,12,14). The lowest BCUT2D eigenvalue weighted by Crippen LogP contribution is -2.31. The van der Waals surface area contributed by atoms with Gasteiger partial charge in [0.15, 0.2) is 0 Å². The van der Waals surface area contributed by atoms with Gasteiger partial charge in [0.2, 0.25) is 5.91 Å². The van der Waals surface area contributed by atoms with E-state index >= 15 is 0 Å². The molecule has 86 valence electrons. The molecule has 0 saturated heterocycles. The van der Waals surface area contributed by atoms with Crippen LogP contribution in [0.5, 0.6) is 0 Å². The molecule has 0 radical (unpaired) electrons. The van der Waals surface area contributed by atoms with Crippen molar-refractivity contribution in [1.29, 1.82) is 0 Å². The Morgan fingerprint density at radius 2 is 2.12 bits per heavy atom. The number of likely N-dealkylation sites (N-methyl/N-ethyl adjacent to an activating group) is 1. The number of carbonyl (C=O) groups excluding carboxylic acids is 1. The smallest absolute Gasteiger partial charge is 0.274 e. The van der Waals surface area contributed by atoms with Gasteiger partial charge in [0.25, 0.3) is 5.69 Å². The number of hydrogen-bond acceptors (Lipinski definition) is 4. The molecule has 0 aliphatic rings. The Kier molecular flexibility index (Phi) is 4.41. The van der Waals surface area contributed by atoms with E-state index < -0.39 is 4.92 Å². The van der Waals surface area contributed by atoms with Crippen molar-refractivity contribution < 1.29 is 9.72 Å². The molecule has 0 saturated carbocycles. The van der Waals surface area contributed by atoms with Crippen LogP contribution in [-0.4, -0.2) is 24.4 Å². The van der Waals surface area contributed by atoms with E-state index in [0.717, 1.165) is 0 Å². The zero-order chi connectivity index (χ0) is 12.0. The fourth-order valence-electron chi connectivity index (χ4n) is 1.26. The van der Waals surface area contributed by atoms with Crippen LogP contribution in [0.1, 0.15) is 5.56 Å². The van der Waals surface area contributed by atoms with Gasteiger partial charge in [-0.25, -0.2) is 0 Å². The van der Waals surface area contributed by atoms with Crippen LogP contribution < -0.4 is 10.6 Å². The van der Waals surface area contributed by atoms with Gasteiger partial charge in [-0.05, 0) is 7.05 Å². The van der Waals surface area contributed by atoms with Crippen LogP contribution in [0.15, 0.2) is 24.3 Å². The van der Waals surface area contributed by atoms with Crippen LogP contribution in [0.25, 0.3) is 0 Å². The molecule has 0 unspecified atom stereocenters. The van der Waals surface area contributed by atoms with Crippen molar-refractivity contribution in [2.24, 2.45) is 0 Å². The lowest BCUT2D eigenvalue weighted by atomic mass is 10.2. The van der Waals surface area contributed by atoms with Crippen molar-refractivity contribution in [3.8, 4) is 0 Å². The Labute approximate surface area is 92.8 Å². The van der Waals surface area contributed by atoms with E-state index in [1.807, 2.05) is 0 Å². The predicted molar refractivity (Wildman–Crippen MR) is 58.9 cm³/mol. The lowest BCUT2D eigenvalue weighted by Gasteiger charge is -2.05. The van der Waals surface area contributed by atoms with Crippen molar-refractivity contribution in [1.82, 2.24) is 10.6 Å². The van der Waals surface area contributed by atoms with E-state index in [1.54, 1.807) is 25.2 Å². The minimum Gasteiger partial charge on any atom is -0.351 e. The summed E-state index contributed by atoms with van der Waals surface area (Å²) in [4.78, 5) is 21.4. The first kappa shape index (κ1) is 12.1. The highest BCUT2D eigenvalue weighted by atomic mass is 16.6. The number of nitro benzene ring substituents is 1. The van der Waals surface area contributed by atoms with Gasteiger partial charge in [0.1, 0.15) is 0 Å². The number of nitro groups is 1. The van der Waals surface area contributed by atoms with Crippen LogP contribution in [0.4, 0.5) is 5.69 Å². The molecule has 0 atom stereocenters. The first-order valence-electron chi connectivity index (χ1n) is 4.78. The van der Waals surface area contributed by atoms with E-state index in [4.69, 9.17) is 0 Å². The Balaban J connectivity index is 2.66. The molecule has 0 bridgehead atoms. The molecule has 6 nitrogen and oxygen atoms in total. The maximum absolute atomic E-state index is 11.2. The van der Waals surface area contributed by atoms with Crippen LogP contribution in [0.3, 0.4) is 0 Å². The molecule has 1 aromatic carbocycles. The Morgan fingerprint density at radius 3 is 2.75 bits per heavy atom. The van der Waals surface area contributed by atoms with Gasteiger partial charge in [-0.2, -0.15) is 0 Å². The molecule has 1 rings (SSSR count). The summed E-state index contributed by atoms with van der Waals surface area (Å²) in [6, 6.07) is 6.33. The van der Waals surface area contributed by atoms with E-state index in [2.05, 4.69) is 10.6 Å². The minimum atomic E-state index is -0.459. The fourth-order valence-corrected chi connectivity index (χ4v) is 1.26. The molecular weight excluding hydrogens is 210 g/mol. The molecule has 0 aromatic heterocycles. The second kappa shape index (κ2) is 5.82. The Bertz CT molecular complexity index is 393. The monoisotopic (exact) mass is 223 g/mol. The number of benzene rings is 1. The third-order valence-electron chi connectivity index (χ3n) is 2.00. The van der Waals surface area contributed by atoms with Gasteiger partial charge in [0.05, 0.1) is 11.5 Å². The number of carbonyl (C=O) groups is 1. The predicted octanol–water partition coefficient (Wildman–Crippen LogP) is 0.430. The van der Waals surface area contributed by atoms with Crippen molar-refractivity contribution in [3.05, 3.63) is 39.9 Å². The zero-order valence-electron chi connectivity index (χ0n) is 8.90. The molecule has 0 heterocycles. The SMILES string of the molecule is CNCC(=O)NCc1ccccc1[N+](=O)[O-]. The lowest BCUT2D eigenvalue weighted by molar-refractivity contribution is -0.385. The third kappa shape index (κ3) is 3.32. The maximum Gasteiger partial charge on any atom is 0.274 e. The molecule has 1 amide bonds. The molecule has 6 heteroatoms. The van der Waals surface area contributed by atoms with Gasteiger partial charge < -0.3 is 10.6 Å². The van der Waals surface area contributed by atoms with Crippen LogP contribution >= 0.6 is 0 Å². The van der Waals surface area contributed by atoms with Crippen molar-refractivity contribution >= 4 is 11.6 Å². The summed E-state index contributed by atoms with van der Waals surface area (Å²) in [6.45, 7) is 0.359. The Hall–Kier alpha value is -1.95. The minimum absolute atomic E-state index is 0.0206. The van der Waals surface area contributed by atoms with Gasteiger partial charge in [-0.1, -0.05) is 18.2 Å². The van der Waals surface area contributed by atoms with Crippen molar-refractivity contribution in [2.75, 3.05) is 13.6 Å². The average molecular weight is 223 g/mol. The summed E-state index contributed by atoms with van der Waals surface area (Å²) in [5.41, 5.74) is 0.518. The van der Waals surface area contributed by atoms with Crippen LogP contribution in [-0.2, 0) is 11.3 Å². The summed E-state index contributed by atoms with van der Waals surface area (Å²) < 4.78 is 0. The molecule has 0 spiro atoms. The highest BCUT2D eigenvalue weighted by molar-refractivity contribution is 5.78. The number of amides is 1.